The Balaban J connectivity index is 2.88. The van der Waals surface area contributed by atoms with Gasteiger partial charge in [-0.3, -0.25) is 4.99 Å². The van der Waals surface area contributed by atoms with Crippen LogP contribution in [0.1, 0.15) is 25.8 Å². The average Bonchev–Trinajstić information content (AvgIpc) is 2.27. The summed E-state index contributed by atoms with van der Waals surface area (Å²) in [6.45, 7) is 3.83. The van der Waals surface area contributed by atoms with E-state index in [-0.39, 0.29) is 17.4 Å². The Morgan fingerprint density at radius 2 is 2.06 bits per heavy atom. The molecule has 0 radical (unpaired) electrons. The van der Waals surface area contributed by atoms with Crippen molar-refractivity contribution in [3.05, 3.63) is 23.8 Å². The van der Waals surface area contributed by atoms with E-state index >= 15 is 0 Å². The number of aromatic hydroxyl groups is 2. The number of phenols is 2. The molecule has 1 aromatic carbocycles. The minimum absolute atomic E-state index is 0.00927. The molecule has 0 bridgehead atoms. The van der Waals surface area contributed by atoms with Gasteiger partial charge in [0.15, 0.2) is 0 Å². The molecule has 0 amide bonds. The summed E-state index contributed by atoms with van der Waals surface area (Å²) in [4.78, 5) is 14.9. The van der Waals surface area contributed by atoms with Crippen LogP contribution >= 0.6 is 0 Å². The second-order valence-corrected chi connectivity index (χ2v) is 4.50. The predicted molar refractivity (Wildman–Crippen MR) is 68.2 cm³/mol. The molecule has 0 heterocycles. The molecule has 1 aromatic rings. The zero-order chi connectivity index (χ0) is 13.7. The van der Waals surface area contributed by atoms with Gasteiger partial charge >= 0.3 is 5.97 Å². The van der Waals surface area contributed by atoms with Crippen molar-refractivity contribution in [2.24, 2.45) is 10.9 Å². The SMILES string of the molecule is CC(C)C[C@H](N=Cc1cc(O)ccc1O)C(=O)O. The van der Waals surface area contributed by atoms with E-state index in [1.165, 1.54) is 24.4 Å². The number of hydrogen-bond acceptors (Lipinski definition) is 4. The van der Waals surface area contributed by atoms with Crippen molar-refractivity contribution in [3.63, 3.8) is 0 Å². The second-order valence-electron chi connectivity index (χ2n) is 4.50. The Kier molecular flexibility index (Phi) is 4.71. The van der Waals surface area contributed by atoms with Crippen molar-refractivity contribution < 1.29 is 20.1 Å². The first-order valence-electron chi connectivity index (χ1n) is 5.68. The van der Waals surface area contributed by atoms with Gasteiger partial charge in [0, 0.05) is 11.8 Å². The summed E-state index contributed by atoms with van der Waals surface area (Å²) in [6, 6.07) is 3.16. The maximum atomic E-state index is 11.0. The Morgan fingerprint density at radius 1 is 1.39 bits per heavy atom. The van der Waals surface area contributed by atoms with Crippen molar-refractivity contribution in [3.8, 4) is 11.5 Å². The van der Waals surface area contributed by atoms with Gasteiger partial charge in [0.25, 0.3) is 0 Å². The molecule has 5 heteroatoms. The van der Waals surface area contributed by atoms with E-state index in [2.05, 4.69) is 4.99 Å². The van der Waals surface area contributed by atoms with Gasteiger partial charge in [-0.1, -0.05) is 13.8 Å². The Labute approximate surface area is 105 Å². The molecule has 98 valence electrons. The van der Waals surface area contributed by atoms with Crippen molar-refractivity contribution in [2.45, 2.75) is 26.3 Å². The normalized spacial score (nSPS) is 13.1. The first-order chi connectivity index (χ1) is 8.40. The summed E-state index contributed by atoms with van der Waals surface area (Å²) in [7, 11) is 0. The summed E-state index contributed by atoms with van der Waals surface area (Å²) < 4.78 is 0. The van der Waals surface area contributed by atoms with Crippen LogP contribution in [0.5, 0.6) is 11.5 Å². The maximum absolute atomic E-state index is 11.0. The van der Waals surface area contributed by atoms with Gasteiger partial charge < -0.3 is 15.3 Å². The highest BCUT2D eigenvalue weighted by Gasteiger charge is 2.16. The lowest BCUT2D eigenvalue weighted by molar-refractivity contribution is -0.138. The van der Waals surface area contributed by atoms with Crippen LogP contribution < -0.4 is 0 Å². The third kappa shape index (κ3) is 4.08. The molecule has 0 unspecified atom stereocenters. The van der Waals surface area contributed by atoms with Gasteiger partial charge in [0.1, 0.15) is 17.5 Å². The van der Waals surface area contributed by atoms with Crippen LogP contribution in [0.4, 0.5) is 0 Å². The van der Waals surface area contributed by atoms with Gasteiger partial charge in [0.05, 0.1) is 0 Å². The molecule has 0 aliphatic carbocycles. The summed E-state index contributed by atoms with van der Waals surface area (Å²) in [5, 5.41) is 27.8. The number of benzene rings is 1. The van der Waals surface area contributed by atoms with Gasteiger partial charge in [-0.2, -0.15) is 0 Å². The average molecular weight is 251 g/mol. The standard InChI is InChI=1S/C13H17NO4/c1-8(2)5-11(13(17)18)14-7-9-6-10(15)3-4-12(9)16/h3-4,6-8,11,15-16H,5H2,1-2H3,(H,17,18)/t11-/m0/s1. The van der Waals surface area contributed by atoms with Crippen LogP contribution in [0.25, 0.3) is 0 Å². The van der Waals surface area contributed by atoms with E-state index < -0.39 is 12.0 Å². The molecule has 3 N–H and O–H groups in total. The molecule has 0 aliphatic heterocycles. The minimum atomic E-state index is -1.00. The van der Waals surface area contributed by atoms with Crippen LogP contribution in [-0.2, 0) is 4.79 Å². The highest BCUT2D eigenvalue weighted by Crippen LogP contribution is 2.20. The van der Waals surface area contributed by atoms with Crippen LogP contribution in [0, 0.1) is 5.92 Å². The topological polar surface area (TPSA) is 90.1 Å². The fraction of sp³-hybridized carbons (Fsp3) is 0.385. The molecule has 1 atom stereocenters. The lowest BCUT2D eigenvalue weighted by atomic mass is 10.0. The van der Waals surface area contributed by atoms with E-state index in [9.17, 15) is 15.0 Å². The van der Waals surface area contributed by atoms with Gasteiger partial charge in [-0.25, -0.2) is 4.79 Å². The number of aliphatic carboxylic acids is 1. The number of nitrogens with zero attached hydrogens (tertiary/aromatic N) is 1. The largest absolute Gasteiger partial charge is 0.508 e. The zero-order valence-electron chi connectivity index (χ0n) is 10.4. The summed E-state index contributed by atoms with van der Waals surface area (Å²) >= 11 is 0. The molecule has 1 rings (SSSR count). The summed E-state index contributed by atoms with van der Waals surface area (Å²) in [5.41, 5.74) is 0.296. The number of rotatable bonds is 5. The monoisotopic (exact) mass is 251 g/mol. The zero-order valence-corrected chi connectivity index (χ0v) is 10.4. The van der Waals surface area contributed by atoms with Crippen molar-refractivity contribution in [2.75, 3.05) is 0 Å². The number of carbonyl (C=O) groups is 1. The third-order valence-corrected chi connectivity index (χ3v) is 2.38. The molecular weight excluding hydrogens is 234 g/mol. The minimum Gasteiger partial charge on any atom is -0.508 e. The summed E-state index contributed by atoms with van der Waals surface area (Å²) in [5.74, 6) is -0.851. The summed E-state index contributed by atoms with van der Waals surface area (Å²) in [6.07, 6.45) is 1.70. The first kappa shape index (κ1) is 14.0. The number of phenolic OH excluding ortho intramolecular Hbond substituents is 2. The quantitative estimate of drug-likeness (QED) is 0.551. The van der Waals surface area contributed by atoms with Crippen LogP contribution in [0.3, 0.4) is 0 Å². The predicted octanol–water partition coefficient (Wildman–Crippen LogP) is 2.02. The van der Waals surface area contributed by atoms with Crippen molar-refractivity contribution in [1.82, 2.24) is 0 Å². The van der Waals surface area contributed by atoms with Gasteiger partial charge in [0.2, 0.25) is 0 Å². The highest BCUT2D eigenvalue weighted by atomic mass is 16.4. The first-order valence-corrected chi connectivity index (χ1v) is 5.68. The Morgan fingerprint density at radius 3 is 2.61 bits per heavy atom. The number of hydrogen-bond donors (Lipinski definition) is 3. The number of carboxylic acids is 1. The second kappa shape index (κ2) is 6.05. The molecule has 18 heavy (non-hydrogen) atoms. The molecule has 0 aliphatic rings. The van der Waals surface area contributed by atoms with Crippen molar-refractivity contribution >= 4 is 12.2 Å². The van der Waals surface area contributed by atoms with E-state index in [1.807, 2.05) is 13.8 Å². The molecule has 0 saturated carbocycles. The molecule has 0 fully saturated rings. The van der Waals surface area contributed by atoms with E-state index in [0.29, 0.717) is 12.0 Å². The Hall–Kier alpha value is -2.04. The molecule has 5 nitrogen and oxygen atoms in total. The van der Waals surface area contributed by atoms with Crippen LogP contribution in [-0.4, -0.2) is 33.5 Å². The lowest BCUT2D eigenvalue weighted by Gasteiger charge is -2.09. The number of carboxylic acid groups (broad SMARTS) is 1. The van der Waals surface area contributed by atoms with E-state index in [0.717, 1.165) is 0 Å². The smallest absolute Gasteiger partial charge is 0.328 e. The molecular formula is C13H17NO4. The molecule has 0 spiro atoms. The third-order valence-electron chi connectivity index (χ3n) is 2.38. The molecule has 0 saturated heterocycles. The van der Waals surface area contributed by atoms with Crippen LogP contribution in [0.2, 0.25) is 0 Å². The number of aliphatic imine (C=N–C) groups is 1. The van der Waals surface area contributed by atoms with Crippen LogP contribution in [0.15, 0.2) is 23.2 Å². The maximum Gasteiger partial charge on any atom is 0.328 e. The molecule has 0 aromatic heterocycles. The Bertz CT molecular complexity index is 454. The highest BCUT2D eigenvalue weighted by molar-refractivity contribution is 5.86. The fourth-order valence-corrected chi connectivity index (χ4v) is 1.49. The van der Waals surface area contributed by atoms with E-state index in [4.69, 9.17) is 5.11 Å². The fourth-order valence-electron chi connectivity index (χ4n) is 1.49. The van der Waals surface area contributed by atoms with E-state index in [1.54, 1.807) is 0 Å². The lowest BCUT2D eigenvalue weighted by Crippen LogP contribution is -2.20. The van der Waals surface area contributed by atoms with Gasteiger partial charge in [-0.05, 0) is 30.5 Å². The van der Waals surface area contributed by atoms with Gasteiger partial charge in [-0.15, -0.1) is 0 Å². The van der Waals surface area contributed by atoms with Crippen molar-refractivity contribution in [1.29, 1.82) is 0 Å².